The summed E-state index contributed by atoms with van der Waals surface area (Å²) in [6.07, 6.45) is 18.2. The average molecular weight is 380 g/mol. The van der Waals surface area contributed by atoms with Crippen molar-refractivity contribution < 1.29 is 40.1 Å². The quantitative estimate of drug-likeness (QED) is 0.223. The summed E-state index contributed by atoms with van der Waals surface area (Å²) in [7, 11) is 0. The molecule has 0 bridgehead atoms. The molecule has 0 heterocycles. The van der Waals surface area contributed by atoms with Gasteiger partial charge in [-0.25, -0.2) is 0 Å². The molecule has 0 amide bonds. The summed E-state index contributed by atoms with van der Waals surface area (Å²) in [4.78, 5) is 21.6. The van der Waals surface area contributed by atoms with Gasteiger partial charge in [-0.3, -0.25) is 9.59 Å². The average Bonchev–Trinajstić information content (AvgIpc) is 2.60. The Hall–Kier alpha value is -0.503. The Morgan fingerprint density at radius 3 is 1.56 bits per heavy atom. The number of hydrogen-bond donors (Lipinski definition) is 3. The first-order chi connectivity index (χ1) is 12.6. The van der Waals surface area contributed by atoms with Crippen LogP contribution < -0.4 is 24.2 Å². The molecule has 0 saturated heterocycles. The van der Waals surface area contributed by atoms with Crippen LogP contribution >= 0.6 is 0 Å². The van der Waals surface area contributed by atoms with E-state index in [0.29, 0.717) is 6.54 Å². The number of carbonyl (C=O) groups is 2. The molecular formula is C21H42LiNO4. The number of unbranched alkanes of at least 4 members (excludes halogenated alkanes) is 13. The first-order valence-corrected chi connectivity index (χ1v) is 10.8. The second kappa shape index (κ2) is 21.8. The fraction of sp³-hybridized carbons (Fsp3) is 0.905. The van der Waals surface area contributed by atoms with E-state index in [9.17, 15) is 9.59 Å². The predicted octanol–water partition coefficient (Wildman–Crippen LogP) is 2.49. The molecule has 1 unspecified atom stereocenters. The standard InChI is InChI=1S/C21H41NO4.Li.H/c1-2-3-4-5-6-7-8-9-10-11-12-13-14-15-18-22-19(21(25)26)16-17-20(23)24;;/h19,22H,2-18H2,1H3,(H,23,24)(H,25,26);;/q;+1;-1. The maximum atomic E-state index is 11.0. The van der Waals surface area contributed by atoms with Gasteiger partial charge >= 0.3 is 30.8 Å². The molecule has 156 valence electrons. The molecule has 0 aliphatic heterocycles. The Labute approximate surface area is 179 Å². The number of nitrogens with one attached hydrogen (secondary N) is 1. The van der Waals surface area contributed by atoms with Crippen molar-refractivity contribution in [2.24, 2.45) is 0 Å². The Balaban J connectivity index is -0.00000312. The second-order valence-corrected chi connectivity index (χ2v) is 7.37. The number of carboxylic acid groups (broad SMARTS) is 2. The molecular weight excluding hydrogens is 337 g/mol. The number of carboxylic acids is 2. The van der Waals surface area contributed by atoms with Crippen molar-refractivity contribution in [2.45, 2.75) is 116 Å². The van der Waals surface area contributed by atoms with Crippen molar-refractivity contribution in [2.75, 3.05) is 6.54 Å². The maximum Gasteiger partial charge on any atom is 1.00 e. The summed E-state index contributed by atoms with van der Waals surface area (Å²) >= 11 is 0. The van der Waals surface area contributed by atoms with Crippen LogP contribution in [0.2, 0.25) is 0 Å². The largest absolute Gasteiger partial charge is 1.00 e. The van der Waals surface area contributed by atoms with Crippen LogP contribution in [-0.4, -0.2) is 34.7 Å². The van der Waals surface area contributed by atoms with Crippen LogP contribution in [0.4, 0.5) is 0 Å². The van der Waals surface area contributed by atoms with E-state index in [4.69, 9.17) is 10.2 Å². The van der Waals surface area contributed by atoms with E-state index >= 15 is 0 Å². The van der Waals surface area contributed by atoms with Crippen LogP contribution in [0.5, 0.6) is 0 Å². The topological polar surface area (TPSA) is 86.6 Å². The number of aliphatic carboxylic acids is 2. The fourth-order valence-corrected chi connectivity index (χ4v) is 3.18. The minimum Gasteiger partial charge on any atom is -1.00 e. The molecule has 6 heteroatoms. The van der Waals surface area contributed by atoms with Gasteiger partial charge in [0.25, 0.3) is 0 Å². The third-order valence-corrected chi connectivity index (χ3v) is 4.87. The van der Waals surface area contributed by atoms with E-state index in [1.165, 1.54) is 77.0 Å². The molecule has 0 fully saturated rings. The van der Waals surface area contributed by atoms with Gasteiger partial charge in [-0.2, -0.15) is 0 Å². The van der Waals surface area contributed by atoms with Crippen LogP contribution in [0, 0.1) is 0 Å². The van der Waals surface area contributed by atoms with E-state index in [1.54, 1.807) is 0 Å². The molecule has 0 radical (unpaired) electrons. The third-order valence-electron chi connectivity index (χ3n) is 4.87. The van der Waals surface area contributed by atoms with E-state index < -0.39 is 18.0 Å². The van der Waals surface area contributed by atoms with E-state index in [-0.39, 0.29) is 33.1 Å². The molecule has 0 aromatic carbocycles. The van der Waals surface area contributed by atoms with E-state index in [2.05, 4.69) is 12.2 Å². The molecule has 5 nitrogen and oxygen atoms in total. The van der Waals surface area contributed by atoms with Gasteiger partial charge in [-0.1, -0.05) is 90.4 Å². The van der Waals surface area contributed by atoms with Gasteiger partial charge in [0.2, 0.25) is 0 Å². The zero-order chi connectivity index (χ0) is 19.5. The summed E-state index contributed by atoms with van der Waals surface area (Å²) in [5.41, 5.74) is 0. The molecule has 0 spiro atoms. The zero-order valence-electron chi connectivity index (χ0n) is 18.8. The van der Waals surface area contributed by atoms with Gasteiger partial charge in [0.1, 0.15) is 6.04 Å². The van der Waals surface area contributed by atoms with Crippen LogP contribution in [0.3, 0.4) is 0 Å². The van der Waals surface area contributed by atoms with Crippen LogP contribution in [-0.2, 0) is 9.59 Å². The SMILES string of the molecule is CCCCCCCCCCCCCCCCNC(CCC(=O)O)C(=O)O.[H-].[Li+]. The molecule has 0 aromatic heterocycles. The number of rotatable bonds is 20. The first kappa shape index (κ1) is 28.7. The van der Waals surface area contributed by atoms with Crippen molar-refractivity contribution in [1.29, 1.82) is 0 Å². The Morgan fingerprint density at radius 1 is 0.778 bits per heavy atom. The van der Waals surface area contributed by atoms with Crippen molar-refractivity contribution in [3.8, 4) is 0 Å². The van der Waals surface area contributed by atoms with Gasteiger partial charge < -0.3 is 17.0 Å². The molecule has 3 N–H and O–H groups in total. The summed E-state index contributed by atoms with van der Waals surface area (Å²) in [6, 6.07) is -0.743. The molecule has 1 atom stereocenters. The smallest absolute Gasteiger partial charge is 1.00 e. The minimum atomic E-state index is -0.961. The van der Waals surface area contributed by atoms with Crippen LogP contribution in [0.25, 0.3) is 0 Å². The second-order valence-electron chi connectivity index (χ2n) is 7.37. The zero-order valence-corrected chi connectivity index (χ0v) is 17.8. The molecule has 0 aromatic rings. The minimum absolute atomic E-state index is 0. The van der Waals surface area contributed by atoms with Gasteiger partial charge in [-0.05, 0) is 19.4 Å². The van der Waals surface area contributed by atoms with Crippen molar-refractivity contribution in [3.63, 3.8) is 0 Å². The summed E-state index contributed by atoms with van der Waals surface area (Å²) in [5.74, 6) is -1.91. The van der Waals surface area contributed by atoms with Crippen molar-refractivity contribution >= 4 is 11.9 Å². The van der Waals surface area contributed by atoms with Gasteiger partial charge in [0.15, 0.2) is 0 Å². The van der Waals surface area contributed by atoms with Gasteiger partial charge in [0, 0.05) is 6.42 Å². The summed E-state index contributed by atoms with van der Waals surface area (Å²) < 4.78 is 0. The van der Waals surface area contributed by atoms with Crippen LogP contribution in [0.1, 0.15) is 111 Å². The van der Waals surface area contributed by atoms with Crippen LogP contribution in [0.15, 0.2) is 0 Å². The Kier molecular flexibility index (Phi) is 23.2. The number of hydrogen-bond acceptors (Lipinski definition) is 3. The summed E-state index contributed by atoms with van der Waals surface area (Å²) in [5, 5.41) is 20.6. The van der Waals surface area contributed by atoms with Gasteiger partial charge in [-0.15, -0.1) is 0 Å². The third kappa shape index (κ3) is 21.7. The molecule has 0 aliphatic rings. The molecule has 27 heavy (non-hydrogen) atoms. The summed E-state index contributed by atoms with van der Waals surface area (Å²) in [6.45, 7) is 2.90. The Morgan fingerprint density at radius 2 is 1.19 bits per heavy atom. The monoisotopic (exact) mass is 379 g/mol. The van der Waals surface area contributed by atoms with Crippen molar-refractivity contribution in [1.82, 2.24) is 5.32 Å². The molecule has 0 rings (SSSR count). The fourth-order valence-electron chi connectivity index (χ4n) is 3.18. The van der Waals surface area contributed by atoms with Crippen molar-refractivity contribution in [3.05, 3.63) is 0 Å². The van der Waals surface area contributed by atoms with E-state index in [0.717, 1.165) is 12.8 Å². The predicted molar refractivity (Wildman–Crippen MR) is 108 cm³/mol. The molecule has 0 aliphatic carbocycles. The first-order valence-electron chi connectivity index (χ1n) is 10.8. The maximum absolute atomic E-state index is 11.0. The van der Waals surface area contributed by atoms with E-state index in [1.807, 2.05) is 0 Å². The normalized spacial score (nSPS) is 11.7. The molecule has 0 saturated carbocycles. The Bertz CT molecular complexity index is 359. The van der Waals surface area contributed by atoms with Gasteiger partial charge in [0.05, 0.1) is 0 Å².